The van der Waals surface area contributed by atoms with Gasteiger partial charge < -0.3 is 10.1 Å². The molecule has 1 amide bonds. The maximum Gasteiger partial charge on any atom is 0.256 e. The number of benzene rings is 1. The Morgan fingerprint density at radius 3 is 2.65 bits per heavy atom. The van der Waals surface area contributed by atoms with E-state index in [2.05, 4.69) is 5.32 Å². The number of aromatic nitrogens is 2. The molecule has 4 aromatic rings. The molecule has 0 unspecified atom stereocenters. The topological polar surface area (TPSA) is 55.6 Å². The maximum atomic E-state index is 12.8. The highest BCUT2D eigenvalue weighted by Crippen LogP contribution is 2.32. The van der Waals surface area contributed by atoms with E-state index in [9.17, 15) is 4.79 Å². The Morgan fingerprint density at radius 1 is 1.15 bits per heavy atom. The molecule has 1 N–H and O–H groups in total. The predicted octanol–water partition coefficient (Wildman–Crippen LogP) is 4.63. The molecule has 0 aliphatic heterocycles. The molecule has 0 radical (unpaired) electrons. The van der Waals surface area contributed by atoms with Crippen LogP contribution in [0.3, 0.4) is 0 Å². The molecule has 1 aromatic carbocycles. The molecule has 0 aliphatic rings. The second kappa shape index (κ2) is 6.65. The normalized spacial score (nSPS) is 10.8. The number of ether oxygens (including phenoxy) is 1. The van der Waals surface area contributed by atoms with Crippen LogP contribution in [-0.2, 0) is 0 Å². The molecule has 0 saturated heterocycles. The van der Waals surface area contributed by atoms with Crippen LogP contribution in [0.5, 0.6) is 5.75 Å². The van der Waals surface area contributed by atoms with Crippen LogP contribution in [0.1, 0.15) is 15.9 Å². The summed E-state index contributed by atoms with van der Waals surface area (Å²) in [4.78, 5) is 18.5. The van der Waals surface area contributed by atoms with Crippen molar-refractivity contribution in [1.29, 1.82) is 0 Å². The summed E-state index contributed by atoms with van der Waals surface area (Å²) >= 11 is 1.59. The van der Waals surface area contributed by atoms with Gasteiger partial charge in [-0.1, -0.05) is 12.1 Å². The molecule has 5 nitrogen and oxygen atoms in total. The number of rotatable bonds is 4. The Bertz CT molecular complexity index is 1070. The van der Waals surface area contributed by atoms with E-state index in [0.29, 0.717) is 17.1 Å². The number of imidazole rings is 1. The first-order valence-corrected chi connectivity index (χ1v) is 9.01. The van der Waals surface area contributed by atoms with E-state index in [0.717, 1.165) is 21.8 Å². The van der Waals surface area contributed by atoms with Crippen molar-refractivity contribution in [2.45, 2.75) is 6.92 Å². The van der Waals surface area contributed by atoms with Gasteiger partial charge in [0.15, 0.2) is 0 Å². The summed E-state index contributed by atoms with van der Waals surface area (Å²) in [5.41, 5.74) is 3.22. The lowest BCUT2D eigenvalue weighted by molar-refractivity contribution is 0.102. The number of amides is 1. The van der Waals surface area contributed by atoms with E-state index in [1.54, 1.807) is 42.7 Å². The Kier molecular flexibility index (Phi) is 4.18. The zero-order chi connectivity index (χ0) is 18.1. The van der Waals surface area contributed by atoms with Crippen LogP contribution < -0.4 is 10.1 Å². The highest BCUT2D eigenvalue weighted by Gasteiger charge is 2.18. The van der Waals surface area contributed by atoms with Gasteiger partial charge in [0, 0.05) is 11.8 Å². The monoisotopic (exact) mass is 363 g/mol. The smallest absolute Gasteiger partial charge is 0.256 e. The highest BCUT2D eigenvalue weighted by molar-refractivity contribution is 7.13. The van der Waals surface area contributed by atoms with E-state index in [1.807, 2.05) is 47.2 Å². The fourth-order valence-corrected chi connectivity index (χ4v) is 3.49. The number of carbonyl (C=O) groups excluding carboxylic acids is 1. The third-order valence-corrected chi connectivity index (χ3v) is 4.98. The Balaban J connectivity index is 1.77. The fourth-order valence-electron chi connectivity index (χ4n) is 2.78. The minimum absolute atomic E-state index is 0.186. The molecule has 0 atom stereocenters. The van der Waals surface area contributed by atoms with Crippen molar-refractivity contribution in [3.8, 4) is 16.3 Å². The van der Waals surface area contributed by atoms with Crippen LogP contribution in [0.25, 0.3) is 16.2 Å². The van der Waals surface area contributed by atoms with E-state index in [-0.39, 0.29) is 5.91 Å². The molecule has 0 aliphatic carbocycles. The summed E-state index contributed by atoms with van der Waals surface area (Å²) in [5.74, 6) is 1.20. The van der Waals surface area contributed by atoms with Crippen LogP contribution in [0, 0.1) is 6.92 Å². The first kappa shape index (κ1) is 16.4. The van der Waals surface area contributed by atoms with Gasteiger partial charge in [-0.2, -0.15) is 0 Å². The molecule has 6 heteroatoms. The van der Waals surface area contributed by atoms with Gasteiger partial charge in [-0.25, -0.2) is 4.98 Å². The van der Waals surface area contributed by atoms with Crippen LogP contribution >= 0.6 is 11.3 Å². The Morgan fingerprint density at radius 2 is 1.96 bits per heavy atom. The molecule has 0 spiro atoms. The Labute approximate surface area is 154 Å². The second-order valence-corrected chi connectivity index (χ2v) is 6.85. The first-order chi connectivity index (χ1) is 12.7. The first-order valence-electron chi connectivity index (χ1n) is 8.14. The maximum absolute atomic E-state index is 12.8. The van der Waals surface area contributed by atoms with Gasteiger partial charge in [0.05, 0.1) is 12.0 Å². The zero-order valence-electron chi connectivity index (χ0n) is 14.4. The number of nitrogens with one attached hydrogen (secondary N) is 1. The van der Waals surface area contributed by atoms with Crippen molar-refractivity contribution >= 4 is 28.7 Å². The molecule has 0 saturated carbocycles. The summed E-state index contributed by atoms with van der Waals surface area (Å²) in [5, 5.41) is 5.03. The number of aryl methyl sites for hydroxylation is 1. The van der Waals surface area contributed by atoms with Gasteiger partial charge in [-0.05, 0) is 54.3 Å². The summed E-state index contributed by atoms with van der Waals surface area (Å²) in [6, 6.07) is 15.0. The van der Waals surface area contributed by atoms with Crippen molar-refractivity contribution in [2.75, 3.05) is 12.4 Å². The third-order valence-electron chi connectivity index (χ3n) is 4.11. The van der Waals surface area contributed by atoms with Crippen LogP contribution in [0.2, 0.25) is 0 Å². The SMILES string of the molecule is COc1ccc(C(=O)Nc2c(-c3cccs3)nc3ccc(C)cn23)cc1. The number of carbonyl (C=O) groups is 1. The molecule has 0 fully saturated rings. The lowest BCUT2D eigenvalue weighted by Crippen LogP contribution is -2.14. The largest absolute Gasteiger partial charge is 0.497 e. The predicted molar refractivity (Wildman–Crippen MR) is 104 cm³/mol. The average molecular weight is 363 g/mol. The molecule has 3 aromatic heterocycles. The van der Waals surface area contributed by atoms with Crippen LogP contribution in [0.15, 0.2) is 60.1 Å². The standard InChI is InChI=1S/C20H17N3O2S/c1-13-5-10-17-21-18(16-4-3-11-26-16)19(23(17)12-13)22-20(24)14-6-8-15(25-2)9-7-14/h3-12H,1-2H3,(H,22,24). The number of methoxy groups -OCH3 is 1. The average Bonchev–Trinajstić information content (AvgIpc) is 3.30. The number of anilines is 1. The molecule has 4 rings (SSSR count). The van der Waals surface area contributed by atoms with Crippen molar-refractivity contribution in [3.63, 3.8) is 0 Å². The van der Waals surface area contributed by atoms with Crippen molar-refractivity contribution in [2.24, 2.45) is 0 Å². The lowest BCUT2D eigenvalue weighted by atomic mass is 10.2. The lowest BCUT2D eigenvalue weighted by Gasteiger charge is -2.08. The summed E-state index contributed by atoms with van der Waals surface area (Å²) in [6.07, 6.45) is 1.98. The van der Waals surface area contributed by atoms with Gasteiger partial charge >= 0.3 is 0 Å². The number of thiophene rings is 1. The molecule has 0 bridgehead atoms. The van der Waals surface area contributed by atoms with Crippen molar-refractivity contribution < 1.29 is 9.53 Å². The quantitative estimate of drug-likeness (QED) is 0.575. The van der Waals surface area contributed by atoms with Crippen LogP contribution in [-0.4, -0.2) is 22.4 Å². The van der Waals surface area contributed by atoms with Crippen molar-refractivity contribution in [1.82, 2.24) is 9.38 Å². The second-order valence-electron chi connectivity index (χ2n) is 5.90. The number of fused-ring (bicyclic) bond motifs is 1. The van der Waals surface area contributed by atoms with Gasteiger partial charge in [0.25, 0.3) is 5.91 Å². The van der Waals surface area contributed by atoms with Gasteiger partial charge in [0.1, 0.15) is 22.9 Å². The summed E-state index contributed by atoms with van der Waals surface area (Å²) < 4.78 is 7.07. The van der Waals surface area contributed by atoms with E-state index in [1.165, 1.54) is 0 Å². The highest BCUT2D eigenvalue weighted by atomic mass is 32.1. The number of pyridine rings is 1. The van der Waals surface area contributed by atoms with Gasteiger partial charge in [-0.15, -0.1) is 11.3 Å². The van der Waals surface area contributed by atoms with E-state index >= 15 is 0 Å². The zero-order valence-corrected chi connectivity index (χ0v) is 15.2. The van der Waals surface area contributed by atoms with E-state index < -0.39 is 0 Å². The van der Waals surface area contributed by atoms with Crippen molar-refractivity contribution in [3.05, 3.63) is 71.2 Å². The number of hydrogen-bond acceptors (Lipinski definition) is 4. The summed E-state index contributed by atoms with van der Waals surface area (Å²) in [7, 11) is 1.60. The molecule has 3 heterocycles. The Hall–Kier alpha value is -3.12. The minimum atomic E-state index is -0.186. The minimum Gasteiger partial charge on any atom is -0.497 e. The van der Waals surface area contributed by atoms with E-state index in [4.69, 9.17) is 9.72 Å². The molecular formula is C20H17N3O2S. The number of nitrogens with zero attached hydrogens (tertiary/aromatic N) is 2. The fraction of sp³-hybridized carbons (Fsp3) is 0.100. The number of hydrogen-bond donors (Lipinski definition) is 1. The van der Waals surface area contributed by atoms with Crippen LogP contribution in [0.4, 0.5) is 5.82 Å². The molecular weight excluding hydrogens is 346 g/mol. The summed E-state index contributed by atoms with van der Waals surface area (Å²) in [6.45, 7) is 2.01. The third kappa shape index (κ3) is 2.95. The molecule has 26 heavy (non-hydrogen) atoms. The van der Waals surface area contributed by atoms with Gasteiger partial charge in [-0.3, -0.25) is 9.20 Å². The molecule has 130 valence electrons. The van der Waals surface area contributed by atoms with Gasteiger partial charge in [0.2, 0.25) is 0 Å².